The number of aliphatic hydroxyl groups excluding tert-OH is 1. The van der Waals surface area contributed by atoms with E-state index in [1.54, 1.807) is 24.3 Å². The van der Waals surface area contributed by atoms with E-state index >= 15 is 0 Å². The van der Waals surface area contributed by atoms with E-state index in [2.05, 4.69) is 0 Å². The molecule has 0 aliphatic heterocycles. The van der Waals surface area contributed by atoms with Gasteiger partial charge in [-0.2, -0.15) is 0 Å². The number of phenolic OH excluding ortho intramolecular Hbond substituents is 1. The fourth-order valence-electron chi connectivity index (χ4n) is 1.26. The number of aromatic hydroxyl groups is 1. The van der Waals surface area contributed by atoms with Gasteiger partial charge in [-0.3, -0.25) is 0 Å². The Balaban J connectivity index is 2.78. The monoisotopic (exact) mass is 195 g/mol. The zero-order valence-electron chi connectivity index (χ0n) is 8.51. The molecule has 0 saturated heterocycles. The maximum absolute atomic E-state index is 9.84. The van der Waals surface area contributed by atoms with Crippen LogP contribution in [0.15, 0.2) is 24.3 Å². The summed E-state index contributed by atoms with van der Waals surface area (Å²) in [7, 11) is 0. The summed E-state index contributed by atoms with van der Waals surface area (Å²) in [6.45, 7) is 3.93. The average molecular weight is 195 g/mol. The van der Waals surface area contributed by atoms with Gasteiger partial charge < -0.3 is 15.9 Å². The van der Waals surface area contributed by atoms with Gasteiger partial charge in [0.15, 0.2) is 0 Å². The fraction of sp³-hybridized carbons (Fsp3) is 0.455. The summed E-state index contributed by atoms with van der Waals surface area (Å²) in [6, 6.07) is 6.18. The summed E-state index contributed by atoms with van der Waals surface area (Å²) >= 11 is 0. The van der Waals surface area contributed by atoms with Crippen molar-refractivity contribution in [3.63, 3.8) is 0 Å². The van der Waals surface area contributed by atoms with E-state index in [4.69, 9.17) is 10.8 Å². The highest BCUT2D eigenvalue weighted by Crippen LogP contribution is 2.21. The number of benzene rings is 1. The quantitative estimate of drug-likeness (QED) is 0.683. The summed E-state index contributed by atoms with van der Waals surface area (Å²) < 4.78 is 0. The van der Waals surface area contributed by atoms with Crippen LogP contribution in [0.2, 0.25) is 0 Å². The Morgan fingerprint density at radius 1 is 1.14 bits per heavy atom. The highest BCUT2D eigenvalue weighted by Gasteiger charge is 2.19. The highest BCUT2D eigenvalue weighted by atomic mass is 16.3. The summed E-state index contributed by atoms with van der Waals surface area (Å²) in [4.78, 5) is 0. The van der Waals surface area contributed by atoms with E-state index in [1.165, 1.54) is 0 Å². The van der Waals surface area contributed by atoms with Gasteiger partial charge in [0.05, 0.1) is 6.10 Å². The molecular formula is C11H17NO2. The van der Waals surface area contributed by atoms with Crippen molar-refractivity contribution in [3.05, 3.63) is 29.8 Å². The predicted octanol–water partition coefficient (Wildman–Crippen LogP) is 1.41. The molecule has 4 N–H and O–H groups in total. The molecule has 14 heavy (non-hydrogen) atoms. The summed E-state index contributed by atoms with van der Waals surface area (Å²) in [6.07, 6.45) is -0.671. The molecule has 0 aromatic heterocycles. The molecule has 0 heterocycles. The average Bonchev–Trinajstić information content (AvgIpc) is 2.16. The molecule has 0 amide bonds. The molecule has 0 saturated carbocycles. The van der Waals surface area contributed by atoms with Gasteiger partial charge in [-0.25, -0.2) is 0 Å². The van der Waals surface area contributed by atoms with Crippen LogP contribution in [-0.4, -0.2) is 16.3 Å². The smallest absolute Gasteiger partial charge is 0.115 e. The molecule has 2 atom stereocenters. The van der Waals surface area contributed by atoms with Gasteiger partial charge >= 0.3 is 0 Å². The standard InChI is InChI=1S/C11H17NO2/c1-7(2)10(12)11(14)8-3-5-9(13)6-4-8/h3-7,10-11,13-14H,12H2,1-2H3. The van der Waals surface area contributed by atoms with E-state index in [0.717, 1.165) is 5.56 Å². The van der Waals surface area contributed by atoms with Crippen LogP contribution >= 0.6 is 0 Å². The van der Waals surface area contributed by atoms with Gasteiger partial charge in [-0.1, -0.05) is 26.0 Å². The molecule has 3 heteroatoms. The van der Waals surface area contributed by atoms with Crippen LogP contribution in [0, 0.1) is 5.92 Å². The first-order valence-electron chi connectivity index (χ1n) is 4.75. The Hall–Kier alpha value is -1.06. The Kier molecular flexibility index (Phi) is 3.49. The molecular weight excluding hydrogens is 178 g/mol. The number of aliphatic hydroxyl groups is 1. The molecule has 0 bridgehead atoms. The molecule has 2 unspecified atom stereocenters. The minimum Gasteiger partial charge on any atom is -0.508 e. The number of hydrogen-bond donors (Lipinski definition) is 3. The molecule has 0 aliphatic rings. The lowest BCUT2D eigenvalue weighted by Crippen LogP contribution is -2.33. The molecule has 1 rings (SSSR count). The number of hydrogen-bond acceptors (Lipinski definition) is 3. The van der Waals surface area contributed by atoms with Crippen LogP contribution in [0.25, 0.3) is 0 Å². The SMILES string of the molecule is CC(C)C(N)C(O)c1ccc(O)cc1. The van der Waals surface area contributed by atoms with E-state index in [1.807, 2.05) is 13.8 Å². The van der Waals surface area contributed by atoms with Gasteiger partial charge in [0.1, 0.15) is 5.75 Å². The van der Waals surface area contributed by atoms with Crippen molar-refractivity contribution < 1.29 is 10.2 Å². The van der Waals surface area contributed by atoms with Crippen LogP contribution in [-0.2, 0) is 0 Å². The molecule has 0 spiro atoms. The number of nitrogens with two attached hydrogens (primary N) is 1. The van der Waals surface area contributed by atoms with Crippen LogP contribution in [0.5, 0.6) is 5.75 Å². The predicted molar refractivity (Wildman–Crippen MR) is 55.9 cm³/mol. The summed E-state index contributed by atoms with van der Waals surface area (Å²) in [5, 5.41) is 18.9. The number of phenols is 1. The minimum absolute atomic E-state index is 0.194. The second-order valence-corrected chi connectivity index (χ2v) is 3.86. The largest absolute Gasteiger partial charge is 0.508 e. The van der Waals surface area contributed by atoms with Crippen LogP contribution in [0.3, 0.4) is 0 Å². The third-order valence-corrected chi connectivity index (χ3v) is 2.37. The van der Waals surface area contributed by atoms with E-state index < -0.39 is 6.10 Å². The summed E-state index contributed by atoms with van der Waals surface area (Å²) in [5.74, 6) is 0.415. The van der Waals surface area contributed by atoms with Crippen molar-refractivity contribution in [2.75, 3.05) is 0 Å². The lowest BCUT2D eigenvalue weighted by molar-refractivity contribution is 0.125. The van der Waals surface area contributed by atoms with Gasteiger partial charge in [-0.05, 0) is 23.6 Å². The maximum Gasteiger partial charge on any atom is 0.115 e. The number of rotatable bonds is 3. The first-order valence-corrected chi connectivity index (χ1v) is 4.75. The first kappa shape index (κ1) is 11.0. The molecule has 78 valence electrons. The zero-order valence-corrected chi connectivity index (χ0v) is 8.51. The Labute approximate surface area is 84.2 Å². The van der Waals surface area contributed by atoms with Crippen LogP contribution < -0.4 is 5.73 Å². The van der Waals surface area contributed by atoms with Gasteiger partial charge in [0.2, 0.25) is 0 Å². The van der Waals surface area contributed by atoms with Crippen LogP contribution in [0.4, 0.5) is 0 Å². The van der Waals surface area contributed by atoms with E-state index in [0.29, 0.717) is 0 Å². The topological polar surface area (TPSA) is 66.5 Å². The van der Waals surface area contributed by atoms with Crippen molar-refractivity contribution in [1.82, 2.24) is 0 Å². The molecule has 0 radical (unpaired) electrons. The third-order valence-electron chi connectivity index (χ3n) is 2.37. The molecule has 0 fully saturated rings. The van der Waals surface area contributed by atoms with Crippen molar-refractivity contribution in [1.29, 1.82) is 0 Å². The molecule has 1 aromatic carbocycles. The van der Waals surface area contributed by atoms with Crippen molar-refractivity contribution >= 4 is 0 Å². The van der Waals surface area contributed by atoms with E-state index in [9.17, 15) is 5.11 Å². The maximum atomic E-state index is 9.84. The zero-order chi connectivity index (χ0) is 10.7. The Bertz CT molecular complexity index is 282. The molecule has 3 nitrogen and oxygen atoms in total. The van der Waals surface area contributed by atoms with Gasteiger partial charge in [0.25, 0.3) is 0 Å². The van der Waals surface area contributed by atoms with Crippen molar-refractivity contribution in [2.45, 2.75) is 26.0 Å². The Morgan fingerprint density at radius 2 is 1.64 bits per heavy atom. The fourth-order valence-corrected chi connectivity index (χ4v) is 1.26. The molecule has 1 aromatic rings. The highest BCUT2D eigenvalue weighted by molar-refractivity contribution is 5.27. The second-order valence-electron chi connectivity index (χ2n) is 3.86. The van der Waals surface area contributed by atoms with Gasteiger partial charge in [0, 0.05) is 6.04 Å². The summed E-state index contributed by atoms with van der Waals surface area (Å²) in [5.41, 5.74) is 6.56. The lowest BCUT2D eigenvalue weighted by Gasteiger charge is -2.22. The lowest BCUT2D eigenvalue weighted by atomic mass is 9.94. The Morgan fingerprint density at radius 3 is 2.07 bits per heavy atom. The van der Waals surface area contributed by atoms with Crippen molar-refractivity contribution in [3.8, 4) is 5.75 Å². The van der Waals surface area contributed by atoms with Crippen molar-refractivity contribution in [2.24, 2.45) is 11.7 Å². The van der Waals surface area contributed by atoms with Crippen LogP contribution in [0.1, 0.15) is 25.5 Å². The van der Waals surface area contributed by atoms with Gasteiger partial charge in [-0.15, -0.1) is 0 Å². The molecule has 0 aliphatic carbocycles. The third kappa shape index (κ3) is 2.47. The second kappa shape index (κ2) is 4.44. The minimum atomic E-state index is -0.671. The first-order chi connectivity index (χ1) is 6.52. The van der Waals surface area contributed by atoms with E-state index in [-0.39, 0.29) is 17.7 Å². The normalized spacial score (nSPS) is 15.5.